The van der Waals surface area contributed by atoms with E-state index in [9.17, 15) is 5.21 Å². The third kappa shape index (κ3) is 2.22. The molecule has 0 spiro atoms. The molecule has 0 saturated carbocycles. The second-order valence-corrected chi connectivity index (χ2v) is 5.24. The maximum Gasteiger partial charge on any atom is 0.146 e. The highest BCUT2D eigenvalue weighted by atomic mass is 16.5. The Balaban J connectivity index is 1.96. The molecule has 1 atom stereocenters. The minimum atomic E-state index is 0.289. The van der Waals surface area contributed by atoms with Crippen molar-refractivity contribution in [3.05, 3.63) is 52.9 Å². The summed E-state index contributed by atoms with van der Waals surface area (Å²) in [5.74, 6) is 1.14. The number of rotatable bonds is 3. The quantitative estimate of drug-likeness (QED) is 0.685. The molecule has 1 aromatic heterocycles. The fourth-order valence-electron chi connectivity index (χ4n) is 2.92. The fraction of sp³-hybridized carbons (Fsp3) is 0.375. The summed E-state index contributed by atoms with van der Waals surface area (Å²) >= 11 is 0. The van der Waals surface area contributed by atoms with E-state index >= 15 is 0 Å². The van der Waals surface area contributed by atoms with Crippen LogP contribution in [0.5, 0.6) is 0 Å². The molecule has 3 rings (SSSR count). The summed E-state index contributed by atoms with van der Waals surface area (Å²) in [7, 11) is 0. The van der Waals surface area contributed by atoms with Gasteiger partial charge in [0.2, 0.25) is 0 Å². The molecule has 4 nitrogen and oxygen atoms in total. The molecule has 0 saturated heterocycles. The van der Waals surface area contributed by atoms with Crippen LogP contribution in [0.15, 0.2) is 40.0 Å². The summed E-state index contributed by atoms with van der Waals surface area (Å²) in [6.45, 7) is 2.10. The normalized spacial score (nSPS) is 20.1. The van der Waals surface area contributed by atoms with E-state index in [1.165, 1.54) is 5.56 Å². The lowest BCUT2D eigenvalue weighted by Gasteiger charge is -2.22. The topological polar surface area (TPSA) is 58.6 Å². The van der Waals surface area contributed by atoms with E-state index in [2.05, 4.69) is 29.4 Å². The SMILES string of the molecule is CCCc1noc2c1/C(=N/O)CC(c1ccccc1)C2. The van der Waals surface area contributed by atoms with Crippen molar-refractivity contribution in [3.8, 4) is 0 Å². The third-order valence-electron chi connectivity index (χ3n) is 3.87. The predicted octanol–water partition coefficient (Wildman–Crippen LogP) is 3.54. The Morgan fingerprint density at radius 2 is 2.10 bits per heavy atom. The zero-order valence-electron chi connectivity index (χ0n) is 11.5. The fourth-order valence-corrected chi connectivity index (χ4v) is 2.92. The second-order valence-electron chi connectivity index (χ2n) is 5.24. The molecule has 1 unspecified atom stereocenters. The highest BCUT2D eigenvalue weighted by Gasteiger charge is 2.31. The number of hydrogen-bond acceptors (Lipinski definition) is 4. The maximum atomic E-state index is 9.33. The van der Waals surface area contributed by atoms with E-state index in [-0.39, 0.29) is 5.92 Å². The van der Waals surface area contributed by atoms with Crippen LogP contribution in [0.4, 0.5) is 0 Å². The Hall–Kier alpha value is -2.10. The second kappa shape index (κ2) is 5.49. The molecule has 0 radical (unpaired) electrons. The first-order chi connectivity index (χ1) is 9.83. The lowest BCUT2D eigenvalue weighted by atomic mass is 9.81. The van der Waals surface area contributed by atoms with E-state index in [0.717, 1.165) is 42.7 Å². The molecule has 0 amide bonds. The lowest BCUT2D eigenvalue weighted by Crippen LogP contribution is -2.19. The monoisotopic (exact) mass is 270 g/mol. The zero-order valence-corrected chi connectivity index (χ0v) is 11.5. The molecule has 1 aromatic carbocycles. The van der Waals surface area contributed by atoms with Gasteiger partial charge >= 0.3 is 0 Å². The van der Waals surface area contributed by atoms with Crippen molar-refractivity contribution < 1.29 is 9.73 Å². The molecule has 104 valence electrons. The number of aryl methyl sites for hydroxylation is 1. The largest absolute Gasteiger partial charge is 0.411 e. The molecular weight excluding hydrogens is 252 g/mol. The van der Waals surface area contributed by atoms with E-state index < -0.39 is 0 Å². The van der Waals surface area contributed by atoms with E-state index in [1.807, 2.05) is 18.2 Å². The molecular formula is C16H18N2O2. The van der Waals surface area contributed by atoms with Crippen molar-refractivity contribution in [2.45, 2.75) is 38.5 Å². The van der Waals surface area contributed by atoms with Gasteiger partial charge in [-0.05, 0) is 17.9 Å². The van der Waals surface area contributed by atoms with Crippen molar-refractivity contribution in [2.24, 2.45) is 5.16 Å². The van der Waals surface area contributed by atoms with Crippen LogP contribution in [0.1, 0.15) is 48.3 Å². The number of aromatic nitrogens is 1. The Morgan fingerprint density at radius 1 is 1.30 bits per heavy atom. The van der Waals surface area contributed by atoms with Crippen LogP contribution in [-0.4, -0.2) is 16.1 Å². The van der Waals surface area contributed by atoms with Crippen LogP contribution in [0.2, 0.25) is 0 Å². The van der Waals surface area contributed by atoms with Gasteiger partial charge in [0, 0.05) is 12.8 Å². The Bertz CT molecular complexity index is 617. The van der Waals surface area contributed by atoms with E-state index in [1.54, 1.807) is 0 Å². The minimum Gasteiger partial charge on any atom is -0.411 e. The van der Waals surface area contributed by atoms with Crippen molar-refractivity contribution in [1.82, 2.24) is 5.16 Å². The van der Waals surface area contributed by atoms with E-state index in [4.69, 9.17) is 4.52 Å². The predicted molar refractivity (Wildman–Crippen MR) is 76.3 cm³/mol. The number of benzene rings is 1. The minimum absolute atomic E-state index is 0.289. The molecule has 4 heteroatoms. The summed E-state index contributed by atoms with van der Waals surface area (Å²) in [5.41, 5.74) is 3.79. The smallest absolute Gasteiger partial charge is 0.146 e. The van der Waals surface area contributed by atoms with Gasteiger partial charge in [-0.25, -0.2) is 0 Å². The van der Waals surface area contributed by atoms with Gasteiger partial charge in [0.25, 0.3) is 0 Å². The van der Waals surface area contributed by atoms with Crippen molar-refractivity contribution in [1.29, 1.82) is 0 Å². The number of oxime groups is 1. The van der Waals surface area contributed by atoms with Crippen molar-refractivity contribution in [3.63, 3.8) is 0 Å². The van der Waals surface area contributed by atoms with Gasteiger partial charge in [-0.15, -0.1) is 0 Å². The van der Waals surface area contributed by atoms with Gasteiger partial charge in [-0.1, -0.05) is 54.0 Å². The van der Waals surface area contributed by atoms with Gasteiger partial charge in [0.15, 0.2) is 0 Å². The Labute approximate surface area is 118 Å². The van der Waals surface area contributed by atoms with Crippen LogP contribution in [0, 0.1) is 0 Å². The maximum absolute atomic E-state index is 9.33. The summed E-state index contributed by atoms with van der Waals surface area (Å²) < 4.78 is 5.48. The molecule has 2 aromatic rings. The molecule has 0 aliphatic heterocycles. The summed E-state index contributed by atoms with van der Waals surface area (Å²) in [6.07, 6.45) is 3.40. The van der Waals surface area contributed by atoms with Crippen LogP contribution in [0.25, 0.3) is 0 Å². The Kier molecular flexibility index (Phi) is 3.54. The molecule has 20 heavy (non-hydrogen) atoms. The van der Waals surface area contributed by atoms with Crippen LogP contribution in [-0.2, 0) is 12.8 Å². The first kappa shape index (κ1) is 12.9. The van der Waals surface area contributed by atoms with Crippen LogP contribution < -0.4 is 0 Å². The van der Waals surface area contributed by atoms with Crippen LogP contribution >= 0.6 is 0 Å². The number of hydrogen-bond donors (Lipinski definition) is 1. The first-order valence-electron chi connectivity index (χ1n) is 7.07. The lowest BCUT2D eigenvalue weighted by molar-refractivity contribution is 0.315. The highest BCUT2D eigenvalue weighted by Crippen LogP contribution is 2.34. The Morgan fingerprint density at radius 3 is 2.80 bits per heavy atom. The first-order valence-corrected chi connectivity index (χ1v) is 7.07. The van der Waals surface area contributed by atoms with Gasteiger partial charge in [0.05, 0.1) is 17.0 Å². The third-order valence-corrected chi connectivity index (χ3v) is 3.87. The molecule has 1 heterocycles. The van der Waals surface area contributed by atoms with Gasteiger partial charge < -0.3 is 9.73 Å². The molecule has 1 aliphatic carbocycles. The number of nitrogens with zero attached hydrogens (tertiary/aromatic N) is 2. The van der Waals surface area contributed by atoms with Gasteiger partial charge in [-0.2, -0.15) is 0 Å². The molecule has 0 bridgehead atoms. The van der Waals surface area contributed by atoms with E-state index in [0.29, 0.717) is 5.71 Å². The average Bonchev–Trinajstić information content (AvgIpc) is 2.91. The summed E-state index contributed by atoms with van der Waals surface area (Å²) in [5, 5.41) is 17.0. The average molecular weight is 270 g/mol. The highest BCUT2D eigenvalue weighted by molar-refractivity contribution is 6.03. The van der Waals surface area contributed by atoms with Gasteiger partial charge in [-0.3, -0.25) is 0 Å². The molecule has 1 aliphatic rings. The zero-order chi connectivity index (χ0) is 13.9. The summed E-state index contributed by atoms with van der Waals surface area (Å²) in [6, 6.07) is 10.3. The molecule has 1 N–H and O–H groups in total. The van der Waals surface area contributed by atoms with Gasteiger partial charge in [0.1, 0.15) is 5.76 Å². The number of fused-ring (bicyclic) bond motifs is 1. The molecule has 0 fully saturated rings. The van der Waals surface area contributed by atoms with Crippen molar-refractivity contribution in [2.75, 3.05) is 0 Å². The van der Waals surface area contributed by atoms with Crippen LogP contribution in [0.3, 0.4) is 0 Å². The standard InChI is InChI=1S/C16H18N2O2/c1-2-6-13-16-14(17-19)9-12(10-15(16)20-18-13)11-7-4-3-5-8-11/h3-5,7-8,12,19H,2,6,9-10H2,1H3/b17-14+. The van der Waals surface area contributed by atoms with Crippen molar-refractivity contribution >= 4 is 5.71 Å². The summed E-state index contributed by atoms with van der Waals surface area (Å²) in [4.78, 5) is 0.